The van der Waals surface area contributed by atoms with Crippen LogP contribution in [-0.4, -0.2) is 48.5 Å². The average molecular weight is 342 g/mol. The number of phosphoric ester groups is 1. The summed E-state index contributed by atoms with van der Waals surface area (Å²) in [6, 6.07) is 0. The molecule has 0 heterocycles. The Morgan fingerprint density at radius 3 is 1.68 bits per heavy atom. The van der Waals surface area contributed by atoms with E-state index in [0.29, 0.717) is 38.5 Å². The molecule has 0 aliphatic rings. The van der Waals surface area contributed by atoms with Crippen molar-refractivity contribution in [2.45, 2.75) is 89.6 Å². The maximum absolute atomic E-state index is 10.8. The SMILES string of the molecule is CC(C)(O)CCC(O)CCC(O)CCC(C)(C)OP(=O)(O)O. The molecule has 0 fully saturated rings. The van der Waals surface area contributed by atoms with Gasteiger partial charge in [-0.15, -0.1) is 0 Å². The number of rotatable bonds is 11. The first-order chi connectivity index (χ1) is 9.70. The third-order valence-electron chi connectivity index (χ3n) is 3.37. The van der Waals surface area contributed by atoms with Gasteiger partial charge in [0.05, 0.1) is 23.4 Å². The third-order valence-corrected chi connectivity index (χ3v) is 4.10. The summed E-state index contributed by atoms with van der Waals surface area (Å²) >= 11 is 0. The molecule has 0 aromatic carbocycles. The molecule has 0 saturated carbocycles. The Labute approximate surface area is 132 Å². The first-order valence-electron chi connectivity index (χ1n) is 7.55. The summed E-state index contributed by atoms with van der Waals surface area (Å²) in [6.45, 7) is 6.46. The lowest BCUT2D eigenvalue weighted by Gasteiger charge is -2.26. The molecule has 7 nitrogen and oxygen atoms in total. The van der Waals surface area contributed by atoms with Crippen LogP contribution in [0.3, 0.4) is 0 Å². The van der Waals surface area contributed by atoms with E-state index in [9.17, 15) is 19.9 Å². The number of aliphatic hydroxyl groups excluding tert-OH is 2. The predicted octanol–water partition coefficient (Wildman–Crippen LogP) is 1.71. The largest absolute Gasteiger partial charge is 0.470 e. The fraction of sp³-hybridized carbons (Fsp3) is 1.00. The minimum absolute atomic E-state index is 0.291. The molecule has 0 saturated heterocycles. The molecule has 22 heavy (non-hydrogen) atoms. The lowest BCUT2D eigenvalue weighted by Crippen LogP contribution is -2.26. The van der Waals surface area contributed by atoms with E-state index in [4.69, 9.17) is 9.79 Å². The summed E-state index contributed by atoms with van der Waals surface area (Å²) in [5, 5.41) is 29.2. The molecule has 0 aliphatic carbocycles. The van der Waals surface area contributed by atoms with Crippen molar-refractivity contribution in [3.63, 3.8) is 0 Å². The second-order valence-electron chi connectivity index (χ2n) is 7.12. The summed E-state index contributed by atoms with van der Waals surface area (Å²) in [5.41, 5.74) is -1.84. The van der Waals surface area contributed by atoms with Gasteiger partial charge in [-0.25, -0.2) is 4.57 Å². The minimum Gasteiger partial charge on any atom is -0.393 e. The topological polar surface area (TPSA) is 127 Å². The molecule has 2 unspecified atom stereocenters. The third kappa shape index (κ3) is 13.6. The molecular weight excluding hydrogens is 311 g/mol. The van der Waals surface area contributed by atoms with Gasteiger partial charge in [0.1, 0.15) is 0 Å². The van der Waals surface area contributed by atoms with Gasteiger partial charge < -0.3 is 25.1 Å². The zero-order valence-corrected chi connectivity index (χ0v) is 14.8. The van der Waals surface area contributed by atoms with E-state index in [1.807, 2.05) is 0 Å². The van der Waals surface area contributed by atoms with Crippen LogP contribution in [0.2, 0.25) is 0 Å². The van der Waals surface area contributed by atoms with E-state index in [0.717, 1.165) is 0 Å². The Bertz CT molecular complexity index is 359. The number of hydrogen-bond acceptors (Lipinski definition) is 5. The Hall–Kier alpha value is -0.0100. The highest BCUT2D eigenvalue weighted by Crippen LogP contribution is 2.42. The molecule has 2 atom stereocenters. The summed E-state index contributed by atoms with van der Waals surface area (Å²) in [4.78, 5) is 17.6. The molecule has 0 amide bonds. The minimum atomic E-state index is -4.55. The second kappa shape index (κ2) is 8.73. The quantitative estimate of drug-likeness (QED) is 0.362. The van der Waals surface area contributed by atoms with Crippen molar-refractivity contribution in [1.29, 1.82) is 0 Å². The van der Waals surface area contributed by atoms with Crippen molar-refractivity contribution < 1.29 is 34.2 Å². The van der Waals surface area contributed by atoms with E-state index >= 15 is 0 Å². The Morgan fingerprint density at radius 1 is 0.909 bits per heavy atom. The van der Waals surface area contributed by atoms with Crippen molar-refractivity contribution >= 4 is 7.82 Å². The highest BCUT2D eigenvalue weighted by atomic mass is 31.2. The van der Waals surface area contributed by atoms with Gasteiger partial charge in [0.25, 0.3) is 0 Å². The molecule has 0 aromatic rings. The maximum Gasteiger partial charge on any atom is 0.470 e. The van der Waals surface area contributed by atoms with Gasteiger partial charge in [-0.1, -0.05) is 0 Å². The van der Waals surface area contributed by atoms with Crippen LogP contribution in [0.15, 0.2) is 0 Å². The van der Waals surface area contributed by atoms with Crippen molar-refractivity contribution in [3.05, 3.63) is 0 Å². The summed E-state index contributed by atoms with van der Waals surface area (Å²) < 4.78 is 15.5. The number of hydrogen-bond donors (Lipinski definition) is 5. The standard InChI is InChI=1S/C14H31O7P/c1-13(2,17)9-7-11(15)5-6-12(16)8-10-14(3,4)21-22(18,19)20/h11-12,15-17H,5-10H2,1-4H3,(H2,18,19,20). The molecule has 0 spiro atoms. The van der Waals surface area contributed by atoms with Crippen LogP contribution in [0.4, 0.5) is 0 Å². The van der Waals surface area contributed by atoms with E-state index in [2.05, 4.69) is 4.52 Å². The second-order valence-corrected chi connectivity index (χ2v) is 8.28. The summed E-state index contributed by atoms with van der Waals surface area (Å²) in [7, 11) is -4.55. The number of aliphatic hydroxyl groups is 3. The van der Waals surface area contributed by atoms with E-state index in [1.54, 1.807) is 27.7 Å². The lowest BCUT2D eigenvalue weighted by molar-refractivity contribution is 0.0305. The van der Waals surface area contributed by atoms with Crippen LogP contribution >= 0.6 is 7.82 Å². The van der Waals surface area contributed by atoms with Crippen LogP contribution in [0.5, 0.6) is 0 Å². The van der Waals surface area contributed by atoms with Crippen molar-refractivity contribution in [3.8, 4) is 0 Å². The fourth-order valence-electron chi connectivity index (χ4n) is 2.08. The van der Waals surface area contributed by atoms with Crippen molar-refractivity contribution in [1.82, 2.24) is 0 Å². The molecule has 8 heteroatoms. The smallest absolute Gasteiger partial charge is 0.393 e. The van der Waals surface area contributed by atoms with Gasteiger partial charge >= 0.3 is 7.82 Å². The van der Waals surface area contributed by atoms with Gasteiger partial charge in [-0.05, 0) is 66.2 Å². The molecule has 0 radical (unpaired) electrons. The lowest BCUT2D eigenvalue weighted by atomic mass is 9.95. The van der Waals surface area contributed by atoms with Crippen LogP contribution in [-0.2, 0) is 9.09 Å². The van der Waals surface area contributed by atoms with E-state index in [1.165, 1.54) is 0 Å². The molecule has 0 aromatic heterocycles. The first kappa shape index (κ1) is 22.0. The average Bonchev–Trinajstić information content (AvgIpc) is 2.27. The molecule has 0 aliphatic heterocycles. The Kier molecular flexibility index (Phi) is 8.73. The highest BCUT2D eigenvalue weighted by molar-refractivity contribution is 7.46. The predicted molar refractivity (Wildman–Crippen MR) is 83.2 cm³/mol. The Morgan fingerprint density at radius 2 is 1.32 bits per heavy atom. The molecular formula is C14H31O7P. The van der Waals surface area contributed by atoms with E-state index in [-0.39, 0.29) is 0 Å². The van der Waals surface area contributed by atoms with E-state index < -0.39 is 31.2 Å². The van der Waals surface area contributed by atoms with Crippen molar-refractivity contribution in [2.24, 2.45) is 0 Å². The van der Waals surface area contributed by atoms with Crippen LogP contribution in [0.25, 0.3) is 0 Å². The van der Waals surface area contributed by atoms with Gasteiger partial charge in [0.15, 0.2) is 0 Å². The monoisotopic (exact) mass is 342 g/mol. The van der Waals surface area contributed by atoms with Gasteiger partial charge in [-0.2, -0.15) is 0 Å². The first-order valence-corrected chi connectivity index (χ1v) is 9.08. The fourth-order valence-corrected chi connectivity index (χ4v) is 2.81. The summed E-state index contributed by atoms with van der Waals surface area (Å²) in [5.74, 6) is 0. The zero-order valence-electron chi connectivity index (χ0n) is 13.9. The van der Waals surface area contributed by atoms with Gasteiger partial charge in [0, 0.05) is 0 Å². The Balaban J connectivity index is 3.99. The molecule has 0 bridgehead atoms. The van der Waals surface area contributed by atoms with Gasteiger partial charge in [0.2, 0.25) is 0 Å². The van der Waals surface area contributed by atoms with Crippen molar-refractivity contribution in [2.75, 3.05) is 0 Å². The molecule has 134 valence electrons. The van der Waals surface area contributed by atoms with Crippen LogP contribution in [0, 0.1) is 0 Å². The summed E-state index contributed by atoms with van der Waals surface area (Å²) in [6.07, 6.45) is 1.10. The van der Waals surface area contributed by atoms with Crippen LogP contribution < -0.4 is 0 Å². The number of phosphoric acid groups is 1. The zero-order chi connectivity index (χ0) is 17.6. The van der Waals surface area contributed by atoms with Crippen LogP contribution in [0.1, 0.15) is 66.2 Å². The normalized spacial score (nSPS) is 16.6. The maximum atomic E-state index is 10.8. The highest BCUT2D eigenvalue weighted by Gasteiger charge is 2.29. The molecule has 0 rings (SSSR count). The van der Waals surface area contributed by atoms with Gasteiger partial charge in [-0.3, -0.25) is 4.52 Å². The molecule has 5 N–H and O–H groups in total.